The first-order valence-electron chi connectivity index (χ1n) is 9.31. The Labute approximate surface area is 159 Å². The van der Waals surface area contributed by atoms with E-state index in [0.717, 1.165) is 37.2 Å². The minimum atomic E-state index is -0.0890. The summed E-state index contributed by atoms with van der Waals surface area (Å²) in [5.74, 6) is 1.36. The molecule has 2 heterocycles. The monoisotopic (exact) mass is 370 g/mol. The number of nitrogens with zero attached hydrogens (tertiary/aromatic N) is 3. The second-order valence-corrected chi connectivity index (χ2v) is 6.55. The summed E-state index contributed by atoms with van der Waals surface area (Å²) < 4.78 is 10.7. The quantitative estimate of drug-likeness (QED) is 0.720. The van der Waals surface area contributed by atoms with Crippen LogP contribution in [0.15, 0.2) is 42.7 Å². The van der Waals surface area contributed by atoms with Gasteiger partial charge in [-0.1, -0.05) is 6.07 Å². The summed E-state index contributed by atoms with van der Waals surface area (Å²) in [6.45, 7) is 2.75. The molecule has 0 radical (unpaired) electrons. The zero-order valence-corrected chi connectivity index (χ0v) is 15.6. The Balaban J connectivity index is 1.55. The number of carbonyl (C=O) groups excluding carboxylic acids is 1. The molecule has 7 heteroatoms. The number of methoxy groups -OCH3 is 1. The first kappa shape index (κ1) is 19.1. The minimum Gasteiger partial charge on any atom is -0.493 e. The molecule has 3 rings (SSSR count). The number of piperidine rings is 1. The topological polar surface area (TPSA) is 76.6 Å². The van der Waals surface area contributed by atoms with E-state index in [0.29, 0.717) is 25.7 Å². The van der Waals surface area contributed by atoms with Crippen molar-refractivity contribution in [2.24, 2.45) is 5.92 Å². The highest BCUT2D eigenvalue weighted by Crippen LogP contribution is 2.23. The van der Waals surface area contributed by atoms with Gasteiger partial charge in [0.1, 0.15) is 5.75 Å². The van der Waals surface area contributed by atoms with E-state index in [1.165, 1.54) is 0 Å². The number of amides is 1. The van der Waals surface area contributed by atoms with Crippen LogP contribution in [0, 0.1) is 5.92 Å². The normalized spacial score (nSPS) is 16.8. The predicted molar refractivity (Wildman–Crippen MR) is 104 cm³/mol. The third-order valence-electron chi connectivity index (χ3n) is 4.49. The molecule has 1 aliphatic rings. The summed E-state index contributed by atoms with van der Waals surface area (Å²) in [6, 6.07) is 9.29. The number of carbonyl (C=O) groups is 1. The van der Waals surface area contributed by atoms with Gasteiger partial charge < -0.3 is 19.7 Å². The van der Waals surface area contributed by atoms with Crippen molar-refractivity contribution in [1.82, 2.24) is 9.97 Å². The predicted octanol–water partition coefficient (Wildman–Crippen LogP) is 2.75. The van der Waals surface area contributed by atoms with Gasteiger partial charge in [-0.05, 0) is 31.0 Å². The Hall–Kier alpha value is -2.67. The minimum absolute atomic E-state index is 0.0205. The lowest BCUT2D eigenvalue weighted by molar-refractivity contribution is -0.120. The molecule has 1 aliphatic heterocycles. The fourth-order valence-corrected chi connectivity index (χ4v) is 3.13. The van der Waals surface area contributed by atoms with Gasteiger partial charge in [0.05, 0.1) is 12.5 Å². The summed E-state index contributed by atoms with van der Waals surface area (Å²) in [4.78, 5) is 23.4. The molecule has 0 bridgehead atoms. The van der Waals surface area contributed by atoms with Gasteiger partial charge in [0.2, 0.25) is 11.9 Å². The van der Waals surface area contributed by atoms with Crippen LogP contribution in [-0.2, 0) is 9.53 Å². The van der Waals surface area contributed by atoms with Crippen LogP contribution in [-0.4, -0.2) is 49.3 Å². The molecule has 1 N–H and O–H groups in total. The Bertz CT molecular complexity index is 726. The van der Waals surface area contributed by atoms with Crippen LogP contribution in [0.3, 0.4) is 0 Å². The van der Waals surface area contributed by atoms with Gasteiger partial charge in [-0.15, -0.1) is 0 Å². The van der Waals surface area contributed by atoms with Crippen molar-refractivity contribution in [2.45, 2.75) is 19.3 Å². The van der Waals surface area contributed by atoms with Crippen LogP contribution in [0.2, 0.25) is 0 Å². The molecule has 1 fully saturated rings. The fourth-order valence-electron chi connectivity index (χ4n) is 3.13. The maximum atomic E-state index is 12.7. The average Bonchev–Trinajstić information content (AvgIpc) is 2.72. The van der Waals surface area contributed by atoms with Crippen molar-refractivity contribution >= 4 is 17.5 Å². The van der Waals surface area contributed by atoms with Gasteiger partial charge in [-0.25, -0.2) is 9.97 Å². The highest BCUT2D eigenvalue weighted by Gasteiger charge is 2.27. The number of anilines is 2. The van der Waals surface area contributed by atoms with Crippen molar-refractivity contribution < 1.29 is 14.3 Å². The number of hydrogen-bond acceptors (Lipinski definition) is 6. The van der Waals surface area contributed by atoms with E-state index >= 15 is 0 Å². The molecule has 7 nitrogen and oxygen atoms in total. The summed E-state index contributed by atoms with van der Waals surface area (Å²) in [7, 11) is 1.67. The second-order valence-electron chi connectivity index (χ2n) is 6.55. The van der Waals surface area contributed by atoms with Crippen LogP contribution >= 0.6 is 0 Å². The number of ether oxygens (including phenoxy) is 2. The van der Waals surface area contributed by atoms with E-state index in [2.05, 4.69) is 20.2 Å². The molecule has 27 heavy (non-hydrogen) atoms. The smallest absolute Gasteiger partial charge is 0.229 e. The molecule has 1 saturated heterocycles. The lowest BCUT2D eigenvalue weighted by atomic mass is 9.97. The van der Waals surface area contributed by atoms with E-state index in [9.17, 15) is 4.79 Å². The summed E-state index contributed by atoms with van der Waals surface area (Å²) in [5, 5.41) is 3.01. The highest BCUT2D eigenvalue weighted by molar-refractivity contribution is 5.93. The molecule has 144 valence electrons. The van der Waals surface area contributed by atoms with Crippen LogP contribution in [0.25, 0.3) is 0 Å². The van der Waals surface area contributed by atoms with Gasteiger partial charge in [0, 0.05) is 57.4 Å². The maximum Gasteiger partial charge on any atom is 0.229 e. The molecule has 1 amide bonds. The molecule has 1 aromatic heterocycles. The van der Waals surface area contributed by atoms with Crippen molar-refractivity contribution in [2.75, 3.05) is 43.6 Å². The Kier molecular flexibility index (Phi) is 6.98. The van der Waals surface area contributed by atoms with Gasteiger partial charge in [-0.3, -0.25) is 4.79 Å². The Morgan fingerprint density at radius 1 is 1.26 bits per heavy atom. The molecule has 2 aromatic rings. The fraction of sp³-hybridized carbons (Fsp3) is 0.450. The van der Waals surface area contributed by atoms with Crippen LogP contribution in [0.5, 0.6) is 5.75 Å². The van der Waals surface area contributed by atoms with Gasteiger partial charge in [0.25, 0.3) is 0 Å². The molecule has 0 saturated carbocycles. The molecule has 0 spiro atoms. The van der Waals surface area contributed by atoms with Gasteiger partial charge in [-0.2, -0.15) is 0 Å². The van der Waals surface area contributed by atoms with Crippen molar-refractivity contribution in [3.8, 4) is 5.75 Å². The first-order valence-corrected chi connectivity index (χ1v) is 9.31. The van der Waals surface area contributed by atoms with Crippen LogP contribution in [0.1, 0.15) is 19.3 Å². The summed E-state index contributed by atoms with van der Waals surface area (Å²) >= 11 is 0. The zero-order chi connectivity index (χ0) is 18.9. The van der Waals surface area contributed by atoms with Crippen molar-refractivity contribution in [1.29, 1.82) is 0 Å². The SMILES string of the molecule is COCCCOc1cccc(NC(=O)C2CCCN(c3ncccn3)C2)c1. The van der Waals surface area contributed by atoms with Crippen molar-refractivity contribution in [3.05, 3.63) is 42.7 Å². The average molecular weight is 370 g/mol. The van der Waals surface area contributed by atoms with Crippen LogP contribution < -0.4 is 15.0 Å². The number of benzene rings is 1. The molecular weight excluding hydrogens is 344 g/mol. The van der Waals surface area contributed by atoms with E-state index in [1.54, 1.807) is 25.6 Å². The lowest BCUT2D eigenvalue weighted by Gasteiger charge is -2.31. The van der Waals surface area contributed by atoms with Gasteiger partial charge in [0.15, 0.2) is 0 Å². The Morgan fingerprint density at radius 3 is 2.93 bits per heavy atom. The molecule has 1 unspecified atom stereocenters. The number of rotatable bonds is 8. The Morgan fingerprint density at radius 2 is 2.11 bits per heavy atom. The lowest BCUT2D eigenvalue weighted by Crippen LogP contribution is -2.41. The molecular formula is C20H26N4O3. The van der Waals surface area contributed by atoms with Crippen molar-refractivity contribution in [3.63, 3.8) is 0 Å². The van der Waals surface area contributed by atoms with E-state index in [1.807, 2.05) is 24.3 Å². The zero-order valence-electron chi connectivity index (χ0n) is 15.6. The summed E-state index contributed by atoms with van der Waals surface area (Å²) in [6.07, 6.45) is 6.09. The molecule has 1 atom stereocenters. The first-order chi connectivity index (χ1) is 13.3. The van der Waals surface area contributed by atoms with E-state index in [-0.39, 0.29) is 11.8 Å². The van der Waals surface area contributed by atoms with E-state index in [4.69, 9.17) is 9.47 Å². The number of aromatic nitrogens is 2. The molecule has 1 aromatic carbocycles. The summed E-state index contributed by atoms with van der Waals surface area (Å²) in [5.41, 5.74) is 0.748. The van der Waals surface area contributed by atoms with Gasteiger partial charge >= 0.3 is 0 Å². The number of nitrogens with one attached hydrogen (secondary N) is 1. The third kappa shape index (κ3) is 5.65. The highest BCUT2D eigenvalue weighted by atomic mass is 16.5. The molecule has 0 aliphatic carbocycles. The second kappa shape index (κ2) is 9.87. The maximum absolute atomic E-state index is 12.7. The van der Waals surface area contributed by atoms with E-state index < -0.39 is 0 Å². The standard InChI is InChI=1S/C20H26N4O3/c1-26-12-5-13-27-18-8-2-7-17(14-18)23-19(25)16-6-3-11-24(15-16)20-21-9-4-10-22-20/h2,4,7-10,14,16H,3,5-6,11-13,15H2,1H3,(H,23,25). The van der Waals surface area contributed by atoms with Crippen LogP contribution in [0.4, 0.5) is 11.6 Å². The number of hydrogen-bond donors (Lipinski definition) is 1. The third-order valence-corrected chi connectivity index (χ3v) is 4.49. The largest absolute Gasteiger partial charge is 0.493 e.